The van der Waals surface area contributed by atoms with Crippen LogP contribution in [0.3, 0.4) is 0 Å². The van der Waals surface area contributed by atoms with Crippen molar-refractivity contribution in [2.75, 3.05) is 0 Å². The minimum atomic E-state index is -4.76. The molecule has 4 heterocycles. The Hall–Kier alpha value is -3.42. The SMILES string of the molecule is Cc1cccc(-c2nn3c(c2-c2ccnc4ccc(OC(F)(F)F)cc24)CCC3)n1. The molecule has 0 fully saturated rings. The first kappa shape index (κ1) is 18.6. The van der Waals surface area contributed by atoms with E-state index in [4.69, 9.17) is 5.10 Å². The Balaban J connectivity index is 1.75. The molecule has 152 valence electrons. The maximum atomic E-state index is 12.8. The molecule has 0 amide bonds. The number of ether oxygens (including phenoxy) is 1. The van der Waals surface area contributed by atoms with Gasteiger partial charge in [0.2, 0.25) is 0 Å². The maximum Gasteiger partial charge on any atom is 0.573 e. The summed E-state index contributed by atoms with van der Waals surface area (Å²) in [6, 6.07) is 11.7. The molecule has 5 rings (SSSR count). The molecule has 0 saturated heterocycles. The summed E-state index contributed by atoms with van der Waals surface area (Å²) in [5.74, 6) is -0.275. The average Bonchev–Trinajstić information content (AvgIpc) is 3.27. The lowest BCUT2D eigenvalue weighted by atomic mass is 9.96. The van der Waals surface area contributed by atoms with Crippen LogP contribution >= 0.6 is 0 Å². The van der Waals surface area contributed by atoms with E-state index in [1.54, 1.807) is 6.20 Å². The molecule has 0 bridgehead atoms. The number of hydrogen-bond donors (Lipinski definition) is 0. The molecule has 3 aromatic heterocycles. The molecule has 1 aliphatic heterocycles. The van der Waals surface area contributed by atoms with Crippen molar-refractivity contribution in [2.45, 2.75) is 32.7 Å². The molecule has 0 N–H and O–H groups in total. The van der Waals surface area contributed by atoms with E-state index in [0.29, 0.717) is 10.9 Å². The molecule has 0 saturated carbocycles. The van der Waals surface area contributed by atoms with E-state index < -0.39 is 6.36 Å². The van der Waals surface area contributed by atoms with Crippen LogP contribution in [0.2, 0.25) is 0 Å². The van der Waals surface area contributed by atoms with Gasteiger partial charge < -0.3 is 4.74 Å². The van der Waals surface area contributed by atoms with Crippen molar-refractivity contribution in [1.82, 2.24) is 19.7 Å². The van der Waals surface area contributed by atoms with Crippen LogP contribution in [0.4, 0.5) is 13.2 Å². The molecular formula is C22H17F3N4O. The summed E-state index contributed by atoms with van der Waals surface area (Å²) < 4.78 is 44.4. The first-order valence-corrected chi connectivity index (χ1v) is 9.58. The highest BCUT2D eigenvalue weighted by Crippen LogP contribution is 2.40. The van der Waals surface area contributed by atoms with Crippen LogP contribution in [-0.2, 0) is 13.0 Å². The van der Waals surface area contributed by atoms with Gasteiger partial charge in [0, 0.05) is 35.1 Å². The zero-order valence-electron chi connectivity index (χ0n) is 16.1. The van der Waals surface area contributed by atoms with Crippen LogP contribution in [0.1, 0.15) is 17.8 Å². The summed E-state index contributed by atoms with van der Waals surface area (Å²) in [6.45, 7) is 2.72. The third-order valence-electron chi connectivity index (χ3n) is 5.19. The number of benzene rings is 1. The fourth-order valence-electron chi connectivity index (χ4n) is 4.01. The van der Waals surface area contributed by atoms with Crippen molar-refractivity contribution < 1.29 is 17.9 Å². The van der Waals surface area contributed by atoms with Gasteiger partial charge in [0.25, 0.3) is 0 Å². The largest absolute Gasteiger partial charge is 0.573 e. The number of hydrogen-bond acceptors (Lipinski definition) is 4. The Bertz CT molecular complexity index is 1260. The predicted molar refractivity (Wildman–Crippen MR) is 106 cm³/mol. The first-order chi connectivity index (χ1) is 14.4. The normalized spacial score (nSPS) is 13.6. The summed E-state index contributed by atoms with van der Waals surface area (Å²) >= 11 is 0. The fourth-order valence-corrected chi connectivity index (χ4v) is 4.01. The first-order valence-electron chi connectivity index (χ1n) is 9.58. The predicted octanol–water partition coefficient (Wildman–Crippen LogP) is 5.31. The van der Waals surface area contributed by atoms with E-state index >= 15 is 0 Å². The number of pyridine rings is 2. The van der Waals surface area contributed by atoms with Gasteiger partial charge in [0.05, 0.1) is 11.2 Å². The van der Waals surface area contributed by atoms with Crippen LogP contribution in [0.25, 0.3) is 33.4 Å². The molecule has 0 aliphatic carbocycles. The number of aromatic nitrogens is 4. The molecular weight excluding hydrogens is 393 g/mol. The topological polar surface area (TPSA) is 52.8 Å². The van der Waals surface area contributed by atoms with Gasteiger partial charge in [-0.25, -0.2) is 0 Å². The smallest absolute Gasteiger partial charge is 0.406 e. The van der Waals surface area contributed by atoms with Gasteiger partial charge in [-0.1, -0.05) is 6.07 Å². The molecule has 4 aromatic rings. The Morgan fingerprint density at radius 1 is 1.10 bits per heavy atom. The second-order valence-corrected chi connectivity index (χ2v) is 7.25. The molecule has 0 spiro atoms. The summed E-state index contributed by atoms with van der Waals surface area (Å²) in [7, 11) is 0. The molecule has 1 aromatic carbocycles. The number of rotatable bonds is 3. The summed E-state index contributed by atoms with van der Waals surface area (Å²) in [4.78, 5) is 8.94. The third kappa shape index (κ3) is 3.28. The lowest BCUT2D eigenvalue weighted by Crippen LogP contribution is -2.17. The zero-order chi connectivity index (χ0) is 20.9. The maximum absolute atomic E-state index is 12.8. The van der Waals surface area contributed by atoms with Crippen molar-refractivity contribution in [2.24, 2.45) is 0 Å². The lowest BCUT2D eigenvalue weighted by Gasteiger charge is -2.12. The number of nitrogens with zero attached hydrogens (tertiary/aromatic N) is 4. The molecule has 30 heavy (non-hydrogen) atoms. The van der Waals surface area contributed by atoms with Crippen molar-refractivity contribution in [3.8, 4) is 28.3 Å². The van der Waals surface area contributed by atoms with E-state index in [-0.39, 0.29) is 5.75 Å². The fraction of sp³-hybridized carbons (Fsp3) is 0.227. The van der Waals surface area contributed by atoms with Crippen LogP contribution in [0, 0.1) is 6.92 Å². The van der Waals surface area contributed by atoms with Gasteiger partial charge >= 0.3 is 6.36 Å². The second kappa shape index (κ2) is 6.83. The number of fused-ring (bicyclic) bond motifs is 2. The minimum absolute atomic E-state index is 0.275. The molecule has 0 atom stereocenters. The summed E-state index contributed by atoms with van der Waals surface area (Å²) in [5, 5.41) is 5.37. The Labute approximate surface area is 170 Å². The van der Waals surface area contributed by atoms with Gasteiger partial charge in [-0.05, 0) is 61.7 Å². The molecule has 8 heteroatoms. The van der Waals surface area contributed by atoms with Gasteiger partial charge in [-0.3, -0.25) is 14.6 Å². The Morgan fingerprint density at radius 3 is 2.77 bits per heavy atom. The highest BCUT2D eigenvalue weighted by molar-refractivity contribution is 5.99. The van der Waals surface area contributed by atoms with Crippen LogP contribution in [-0.4, -0.2) is 26.1 Å². The number of aryl methyl sites for hydroxylation is 2. The van der Waals surface area contributed by atoms with Crippen molar-refractivity contribution in [3.63, 3.8) is 0 Å². The lowest BCUT2D eigenvalue weighted by molar-refractivity contribution is -0.274. The molecule has 1 aliphatic rings. The van der Waals surface area contributed by atoms with Crippen molar-refractivity contribution in [1.29, 1.82) is 0 Å². The summed E-state index contributed by atoms with van der Waals surface area (Å²) in [6.07, 6.45) is -1.28. The van der Waals surface area contributed by atoms with Crippen molar-refractivity contribution in [3.05, 3.63) is 60.0 Å². The molecule has 0 radical (unpaired) electrons. The highest BCUT2D eigenvalue weighted by Gasteiger charge is 2.31. The van der Waals surface area contributed by atoms with Crippen LogP contribution in [0.5, 0.6) is 5.75 Å². The van der Waals surface area contributed by atoms with Gasteiger partial charge in [-0.15, -0.1) is 13.2 Å². The van der Waals surface area contributed by atoms with E-state index in [2.05, 4.69) is 14.7 Å². The quantitative estimate of drug-likeness (QED) is 0.459. The Kier molecular flexibility index (Phi) is 4.23. The highest BCUT2D eigenvalue weighted by atomic mass is 19.4. The second-order valence-electron chi connectivity index (χ2n) is 7.25. The van der Waals surface area contributed by atoms with Gasteiger partial charge in [-0.2, -0.15) is 5.10 Å². The standard InChI is InChI=1S/C22H17F3N4O/c1-13-4-2-5-18(27-13)21-20(19-6-3-11-29(19)28-21)15-9-10-26-17-8-7-14(12-16(15)17)30-22(23,24)25/h2,4-5,7-10,12H,3,6,11H2,1H3. The minimum Gasteiger partial charge on any atom is -0.406 e. The molecule has 5 nitrogen and oxygen atoms in total. The van der Waals surface area contributed by atoms with E-state index in [1.807, 2.05) is 35.9 Å². The van der Waals surface area contributed by atoms with Crippen LogP contribution in [0.15, 0.2) is 48.7 Å². The van der Waals surface area contributed by atoms with E-state index in [0.717, 1.165) is 53.3 Å². The summed E-state index contributed by atoms with van der Waals surface area (Å²) in [5.41, 5.74) is 5.64. The monoisotopic (exact) mass is 410 g/mol. The van der Waals surface area contributed by atoms with Crippen LogP contribution < -0.4 is 4.74 Å². The third-order valence-corrected chi connectivity index (χ3v) is 5.19. The van der Waals surface area contributed by atoms with E-state index in [1.165, 1.54) is 18.2 Å². The number of alkyl halides is 3. The van der Waals surface area contributed by atoms with Crippen molar-refractivity contribution >= 4 is 10.9 Å². The van der Waals surface area contributed by atoms with E-state index in [9.17, 15) is 13.2 Å². The molecule has 0 unspecified atom stereocenters. The van der Waals surface area contributed by atoms with Gasteiger partial charge in [0.1, 0.15) is 11.4 Å². The number of halogens is 3. The zero-order valence-corrected chi connectivity index (χ0v) is 16.1. The average molecular weight is 410 g/mol. The van der Waals surface area contributed by atoms with Gasteiger partial charge in [0.15, 0.2) is 0 Å². The Morgan fingerprint density at radius 2 is 1.97 bits per heavy atom.